The number of aryl methyl sites for hydroxylation is 1. The zero-order chi connectivity index (χ0) is 21.7. The standard InChI is InChI=1S/C22H18F2N4O2S/c1-11-3-2-4-16-17(11)26-27-18(16)21-25-19(22(30)28-6-5-15(29)10-28)20(31-21)12-7-13(23)9-14(24)8-12/h2-4,7-9,15,29H,5-6,10H2,1H3,(H,26,27)/t15-/m1/s1. The van der Waals surface area contributed by atoms with Gasteiger partial charge in [0.05, 0.1) is 16.5 Å². The molecule has 1 amide bonds. The predicted octanol–water partition coefficient (Wildman–Crippen LogP) is 4.15. The highest BCUT2D eigenvalue weighted by molar-refractivity contribution is 7.18. The number of carbonyl (C=O) groups excluding carboxylic acids is 1. The van der Waals surface area contributed by atoms with Gasteiger partial charge in [-0.2, -0.15) is 5.10 Å². The number of carbonyl (C=O) groups is 1. The molecule has 0 bridgehead atoms. The van der Waals surface area contributed by atoms with Crippen LogP contribution in [0.15, 0.2) is 36.4 Å². The van der Waals surface area contributed by atoms with Gasteiger partial charge in [0.15, 0.2) is 0 Å². The van der Waals surface area contributed by atoms with Crippen molar-refractivity contribution in [3.63, 3.8) is 0 Å². The molecule has 1 fully saturated rings. The maximum absolute atomic E-state index is 13.9. The molecule has 31 heavy (non-hydrogen) atoms. The van der Waals surface area contributed by atoms with Crippen LogP contribution in [0, 0.1) is 18.6 Å². The quantitative estimate of drug-likeness (QED) is 0.502. The molecule has 2 aromatic heterocycles. The van der Waals surface area contributed by atoms with Crippen LogP contribution < -0.4 is 0 Å². The molecule has 0 unspecified atom stereocenters. The van der Waals surface area contributed by atoms with Crippen LogP contribution in [0.3, 0.4) is 0 Å². The Balaban J connectivity index is 1.68. The summed E-state index contributed by atoms with van der Waals surface area (Å²) in [4.78, 5) is 19.7. The second-order valence-corrected chi connectivity index (χ2v) is 8.62. The fourth-order valence-corrected chi connectivity index (χ4v) is 4.93. The molecule has 0 spiro atoms. The minimum Gasteiger partial charge on any atom is -0.391 e. The number of aliphatic hydroxyl groups excluding tert-OH is 1. The van der Waals surface area contributed by atoms with Crippen LogP contribution in [0.4, 0.5) is 8.78 Å². The molecule has 9 heteroatoms. The summed E-state index contributed by atoms with van der Waals surface area (Å²) in [6, 6.07) is 8.92. The third-order valence-electron chi connectivity index (χ3n) is 5.41. The molecule has 1 aliphatic rings. The molecule has 4 aromatic rings. The van der Waals surface area contributed by atoms with E-state index >= 15 is 0 Å². The van der Waals surface area contributed by atoms with Gasteiger partial charge in [0.2, 0.25) is 0 Å². The van der Waals surface area contributed by atoms with Crippen molar-refractivity contribution in [2.45, 2.75) is 19.4 Å². The van der Waals surface area contributed by atoms with Gasteiger partial charge in [0, 0.05) is 24.5 Å². The number of para-hydroxylation sites is 1. The molecule has 0 radical (unpaired) electrons. The van der Waals surface area contributed by atoms with E-state index in [0.29, 0.717) is 28.5 Å². The smallest absolute Gasteiger partial charge is 0.274 e. The van der Waals surface area contributed by atoms with Crippen LogP contribution in [0.1, 0.15) is 22.5 Å². The van der Waals surface area contributed by atoms with Crippen LogP contribution in [0.25, 0.3) is 32.0 Å². The van der Waals surface area contributed by atoms with E-state index < -0.39 is 17.7 Å². The minimum absolute atomic E-state index is 0.106. The number of rotatable bonds is 3. The third kappa shape index (κ3) is 3.49. The van der Waals surface area contributed by atoms with Gasteiger partial charge < -0.3 is 10.0 Å². The number of halogens is 2. The molecule has 2 N–H and O–H groups in total. The first-order chi connectivity index (χ1) is 14.9. The maximum atomic E-state index is 13.9. The van der Waals surface area contributed by atoms with Gasteiger partial charge >= 0.3 is 0 Å². The Morgan fingerprint density at radius 1 is 1.26 bits per heavy atom. The van der Waals surface area contributed by atoms with Crippen molar-refractivity contribution in [1.82, 2.24) is 20.1 Å². The Bertz CT molecular complexity index is 1300. The number of nitrogens with one attached hydrogen (secondary N) is 1. The number of hydrogen-bond donors (Lipinski definition) is 2. The fraction of sp³-hybridized carbons (Fsp3) is 0.227. The van der Waals surface area contributed by atoms with Gasteiger partial charge in [0.25, 0.3) is 5.91 Å². The van der Waals surface area contributed by atoms with E-state index in [0.717, 1.165) is 22.5 Å². The lowest BCUT2D eigenvalue weighted by atomic mass is 10.1. The number of thiazole rings is 1. The Hall–Kier alpha value is -3.17. The van der Waals surface area contributed by atoms with Gasteiger partial charge in [-0.05, 0) is 36.6 Å². The predicted molar refractivity (Wildman–Crippen MR) is 114 cm³/mol. The van der Waals surface area contributed by atoms with Crippen LogP contribution in [-0.2, 0) is 0 Å². The van der Waals surface area contributed by atoms with Crippen molar-refractivity contribution >= 4 is 28.1 Å². The number of aliphatic hydroxyl groups is 1. The summed E-state index contributed by atoms with van der Waals surface area (Å²) in [5.74, 6) is -1.84. The number of benzene rings is 2. The lowest BCUT2D eigenvalue weighted by Gasteiger charge is -2.15. The number of aromatic amines is 1. The molecule has 1 aliphatic heterocycles. The molecule has 3 heterocycles. The molecule has 1 saturated heterocycles. The topological polar surface area (TPSA) is 82.1 Å². The minimum atomic E-state index is -0.734. The number of amides is 1. The van der Waals surface area contributed by atoms with Crippen molar-refractivity contribution in [3.8, 4) is 21.1 Å². The third-order valence-corrected chi connectivity index (χ3v) is 6.53. The second kappa shape index (κ2) is 7.51. The molecule has 2 aromatic carbocycles. The van der Waals surface area contributed by atoms with Gasteiger partial charge in [-0.25, -0.2) is 13.8 Å². The Morgan fingerprint density at radius 2 is 2.03 bits per heavy atom. The Labute approximate surface area is 180 Å². The van der Waals surface area contributed by atoms with E-state index in [1.807, 2.05) is 25.1 Å². The van der Waals surface area contributed by atoms with Gasteiger partial charge in [-0.15, -0.1) is 11.3 Å². The molecule has 0 saturated carbocycles. The number of nitrogens with zero attached hydrogens (tertiary/aromatic N) is 3. The van der Waals surface area contributed by atoms with Crippen LogP contribution in [0.5, 0.6) is 0 Å². The molecular formula is C22H18F2N4O2S. The van der Waals surface area contributed by atoms with E-state index in [1.54, 1.807) is 0 Å². The summed E-state index contributed by atoms with van der Waals surface area (Å²) < 4.78 is 27.9. The largest absolute Gasteiger partial charge is 0.391 e. The van der Waals surface area contributed by atoms with Gasteiger partial charge in [0.1, 0.15) is 28.0 Å². The van der Waals surface area contributed by atoms with E-state index in [1.165, 1.54) is 28.4 Å². The molecule has 158 valence electrons. The summed E-state index contributed by atoms with van der Waals surface area (Å²) in [6.07, 6.45) is -0.103. The summed E-state index contributed by atoms with van der Waals surface area (Å²) in [5.41, 5.74) is 2.77. The zero-order valence-corrected chi connectivity index (χ0v) is 17.3. The first kappa shape index (κ1) is 19.8. The van der Waals surface area contributed by atoms with Crippen molar-refractivity contribution in [3.05, 3.63) is 59.3 Å². The van der Waals surface area contributed by atoms with E-state index in [4.69, 9.17) is 0 Å². The summed E-state index contributed by atoms with van der Waals surface area (Å²) in [6.45, 7) is 2.55. The Morgan fingerprint density at radius 3 is 2.74 bits per heavy atom. The average molecular weight is 440 g/mol. The lowest BCUT2D eigenvalue weighted by Crippen LogP contribution is -2.30. The number of likely N-dealkylation sites (tertiary alicyclic amines) is 1. The number of aromatic nitrogens is 3. The van der Waals surface area contributed by atoms with Crippen molar-refractivity contribution in [2.75, 3.05) is 13.1 Å². The zero-order valence-electron chi connectivity index (χ0n) is 16.5. The number of H-pyrrole nitrogens is 1. The summed E-state index contributed by atoms with van der Waals surface area (Å²) in [7, 11) is 0. The van der Waals surface area contributed by atoms with E-state index in [9.17, 15) is 18.7 Å². The summed E-state index contributed by atoms with van der Waals surface area (Å²) >= 11 is 1.17. The lowest BCUT2D eigenvalue weighted by molar-refractivity contribution is 0.0761. The first-order valence-corrected chi connectivity index (χ1v) is 10.6. The van der Waals surface area contributed by atoms with Crippen molar-refractivity contribution < 1.29 is 18.7 Å². The Kier molecular flexibility index (Phi) is 4.79. The molecular weight excluding hydrogens is 422 g/mol. The SMILES string of the molecule is Cc1cccc2c(-c3nc(C(=O)N4CC[C@@H](O)C4)c(-c4cc(F)cc(F)c4)s3)[nH]nc12. The first-order valence-electron chi connectivity index (χ1n) is 9.79. The number of hydrogen-bond acceptors (Lipinski definition) is 5. The number of β-amino-alcohol motifs (C(OH)–C–C–N with tert-alkyl or cyclic N) is 1. The normalized spacial score (nSPS) is 16.4. The highest BCUT2D eigenvalue weighted by Crippen LogP contribution is 2.39. The molecule has 6 nitrogen and oxygen atoms in total. The second-order valence-electron chi connectivity index (χ2n) is 7.62. The highest BCUT2D eigenvalue weighted by Gasteiger charge is 2.30. The average Bonchev–Trinajstić information content (AvgIpc) is 3.44. The summed E-state index contributed by atoms with van der Waals surface area (Å²) in [5, 5.41) is 18.5. The van der Waals surface area contributed by atoms with Crippen molar-refractivity contribution in [2.24, 2.45) is 0 Å². The van der Waals surface area contributed by atoms with Gasteiger partial charge in [-0.1, -0.05) is 18.2 Å². The van der Waals surface area contributed by atoms with Crippen LogP contribution in [-0.4, -0.2) is 50.3 Å². The highest BCUT2D eigenvalue weighted by atomic mass is 32.1. The van der Waals surface area contributed by atoms with Crippen LogP contribution >= 0.6 is 11.3 Å². The van der Waals surface area contributed by atoms with Gasteiger partial charge in [-0.3, -0.25) is 9.89 Å². The fourth-order valence-electron chi connectivity index (χ4n) is 3.87. The maximum Gasteiger partial charge on any atom is 0.274 e. The van der Waals surface area contributed by atoms with E-state index in [2.05, 4.69) is 15.2 Å². The number of fused-ring (bicyclic) bond motifs is 1. The molecule has 5 rings (SSSR count). The monoisotopic (exact) mass is 440 g/mol. The van der Waals surface area contributed by atoms with Crippen molar-refractivity contribution in [1.29, 1.82) is 0 Å². The molecule has 0 aliphatic carbocycles. The van der Waals surface area contributed by atoms with E-state index in [-0.39, 0.29) is 23.7 Å². The molecule has 1 atom stereocenters. The van der Waals surface area contributed by atoms with Crippen LogP contribution in [0.2, 0.25) is 0 Å².